The molecular formula is C12H8F3NS. The van der Waals surface area contributed by atoms with Crippen molar-refractivity contribution in [1.82, 2.24) is 4.98 Å². The number of hydrogen-bond donors (Lipinski definition) is 0. The summed E-state index contributed by atoms with van der Waals surface area (Å²) in [6.07, 6.45) is 0. The Labute approximate surface area is 101 Å². The van der Waals surface area contributed by atoms with E-state index in [0.717, 1.165) is 17.3 Å². The summed E-state index contributed by atoms with van der Waals surface area (Å²) in [6, 6.07) is 7.73. The van der Waals surface area contributed by atoms with Gasteiger partial charge >= 0.3 is 0 Å². The van der Waals surface area contributed by atoms with Crippen molar-refractivity contribution in [3.63, 3.8) is 0 Å². The highest BCUT2D eigenvalue weighted by Crippen LogP contribution is 2.28. The van der Waals surface area contributed by atoms with Crippen LogP contribution in [0.3, 0.4) is 0 Å². The molecule has 0 saturated heterocycles. The molecule has 1 aromatic heterocycles. The maximum Gasteiger partial charge on any atom is 0.250 e. The average molecular weight is 255 g/mol. The lowest BCUT2D eigenvalue weighted by molar-refractivity contribution is 0.448. The van der Waals surface area contributed by atoms with Crippen molar-refractivity contribution in [3.05, 3.63) is 53.5 Å². The molecule has 0 atom stereocenters. The Bertz CT molecular complexity index is 540. The van der Waals surface area contributed by atoms with E-state index in [1.807, 2.05) is 19.1 Å². The van der Waals surface area contributed by atoms with Gasteiger partial charge in [-0.3, -0.25) is 0 Å². The van der Waals surface area contributed by atoms with Crippen LogP contribution in [0, 0.1) is 24.5 Å². The van der Waals surface area contributed by atoms with Crippen LogP contribution in [0.2, 0.25) is 0 Å². The molecule has 1 aromatic carbocycles. The Morgan fingerprint density at radius 1 is 1.00 bits per heavy atom. The summed E-state index contributed by atoms with van der Waals surface area (Å²) in [6.45, 7) is 1.92. The van der Waals surface area contributed by atoms with Crippen LogP contribution in [0.15, 0.2) is 40.3 Å². The minimum atomic E-state index is -1.29. The second-order valence-electron chi connectivity index (χ2n) is 3.46. The molecule has 0 bridgehead atoms. The fourth-order valence-corrected chi connectivity index (χ4v) is 2.00. The van der Waals surface area contributed by atoms with E-state index in [1.165, 1.54) is 0 Å². The molecule has 0 radical (unpaired) electrons. The quantitative estimate of drug-likeness (QED) is 0.753. The molecule has 17 heavy (non-hydrogen) atoms. The van der Waals surface area contributed by atoms with Crippen LogP contribution in [0.25, 0.3) is 0 Å². The topological polar surface area (TPSA) is 12.9 Å². The van der Waals surface area contributed by atoms with Crippen LogP contribution in [-0.2, 0) is 0 Å². The second-order valence-corrected chi connectivity index (χ2v) is 4.53. The summed E-state index contributed by atoms with van der Waals surface area (Å²) in [5, 5.41) is -0.173. The van der Waals surface area contributed by atoms with Gasteiger partial charge < -0.3 is 0 Å². The molecule has 0 aliphatic carbocycles. The van der Waals surface area contributed by atoms with E-state index >= 15 is 0 Å². The highest BCUT2D eigenvalue weighted by Gasteiger charge is 2.12. The molecule has 0 amide bonds. The van der Waals surface area contributed by atoms with Crippen LogP contribution in [0.4, 0.5) is 13.2 Å². The van der Waals surface area contributed by atoms with E-state index < -0.39 is 17.6 Å². The van der Waals surface area contributed by atoms with E-state index in [1.54, 1.807) is 12.1 Å². The number of halogens is 3. The third-order valence-corrected chi connectivity index (χ3v) is 3.08. The first-order valence-corrected chi connectivity index (χ1v) is 5.64. The Balaban J connectivity index is 2.30. The molecule has 1 heterocycles. The maximum absolute atomic E-state index is 13.3. The molecule has 88 valence electrons. The third kappa shape index (κ3) is 2.79. The van der Waals surface area contributed by atoms with Crippen molar-refractivity contribution in [1.29, 1.82) is 0 Å². The van der Waals surface area contributed by atoms with Gasteiger partial charge in [0.15, 0.2) is 11.6 Å². The van der Waals surface area contributed by atoms with Crippen LogP contribution in [0.1, 0.15) is 5.56 Å². The van der Waals surface area contributed by atoms with E-state index in [4.69, 9.17) is 0 Å². The molecule has 0 unspecified atom stereocenters. The fraction of sp³-hybridized carbons (Fsp3) is 0.0833. The van der Waals surface area contributed by atoms with Crippen molar-refractivity contribution < 1.29 is 13.2 Å². The molecule has 2 aromatic rings. The van der Waals surface area contributed by atoms with Crippen molar-refractivity contribution in [2.45, 2.75) is 16.8 Å². The van der Waals surface area contributed by atoms with Crippen LogP contribution < -0.4 is 0 Å². The zero-order valence-corrected chi connectivity index (χ0v) is 9.69. The van der Waals surface area contributed by atoms with E-state index in [-0.39, 0.29) is 5.03 Å². The predicted molar refractivity (Wildman–Crippen MR) is 59.4 cm³/mol. The summed E-state index contributed by atoms with van der Waals surface area (Å²) in [5.41, 5.74) is 1.06. The minimum absolute atomic E-state index is 0.173. The Kier molecular flexibility index (Phi) is 3.38. The van der Waals surface area contributed by atoms with E-state index in [2.05, 4.69) is 4.98 Å². The molecule has 0 fully saturated rings. The fourth-order valence-electron chi connectivity index (χ4n) is 1.22. The molecule has 1 nitrogen and oxygen atoms in total. The Morgan fingerprint density at radius 3 is 2.29 bits per heavy atom. The standard InChI is InChI=1S/C12H8F3NS/c1-7-2-4-8(5-3-7)17-12-10(14)6-9(13)11(15)16-12/h2-6H,1H3. The number of aryl methyl sites for hydroxylation is 1. The second kappa shape index (κ2) is 4.79. The third-order valence-electron chi connectivity index (χ3n) is 2.09. The van der Waals surface area contributed by atoms with Gasteiger partial charge in [-0.15, -0.1) is 0 Å². The maximum atomic E-state index is 13.3. The van der Waals surface area contributed by atoms with Crippen molar-refractivity contribution in [2.75, 3.05) is 0 Å². The van der Waals surface area contributed by atoms with Crippen LogP contribution in [0.5, 0.6) is 0 Å². The smallest absolute Gasteiger partial charge is 0.207 e. The summed E-state index contributed by atoms with van der Waals surface area (Å²) in [4.78, 5) is 3.95. The minimum Gasteiger partial charge on any atom is -0.207 e. The zero-order chi connectivity index (χ0) is 12.4. The number of rotatable bonds is 2. The van der Waals surface area contributed by atoms with Gasteiger partial charge in [-0.05, 0) is 19.1 Å². The van der Waals surface area contributed by atoms with Gasteiger partial charge in [-0.25, -0.2) is 13.8 Å². The monoisotopic (exact) mass is 255 g/mol. The van der Waals surface area contributed by atoms with E-state index in [9.17, 15) is 13.2 Å². The molecule has 0 aliphatic rings. The first kappa shape index (κ1) is 12.0. The largest absolute Gasteiger partial charge is 0.250 e. The van der Waals surface area contributed by atoms with Crippen molar-refractivity contribution >= 4 is 11.8 Å². The lowest BCUT2D eigenvalue weighted by Gasteiger charge is -2.03. The number of hydrogen-bond acceptors (Lipinski definition) is 2. The summed E-state index contributed by atoms with van der Waals surface area (Å²) >= 11 is 0.953. The molecule has 0 spiro atoms. The lowest BCUT2D eigenvalue weighted by atomic mass is 10.2. The first-order valence-electron chi connectivity index (χ1n) is 4.82. The lowest BCUT2D eigenvalue weighted by Crippen LogP contribution is -1.95. The van der Waals surface area contributed by atoms with Gasteiger partial charge in [0.05, 0.1) is 0 Å². The van der Waals surface area contributed by atoms with Gasteiger partial charge in [0, 0.05) is 11.0 Å². The average Bonchev–Trinajstić information content (AvgIpc) is 2.29. The first-order chi connectivity index (χ1) is 8.06. The van der Waals surface area contributed by atoms with Gasteiger partial charge in [-0.1, -0.05) is 29.5 Å². The van der Waals surface area contributed by atoms with Crippen LogP contribution >= 0.6 is 11.8 Å². The SMILES string of the molecule is Cc1ccc(Sc2nc(F)c(F)cc2F)cc1. The van der Waals surface area contributed by atoms with Gasteiger partial charge in [0.2, 0.25) is 5.95 Å². The Hall–Kier alpha value is -1.49. The van der Waals surface area contributed by atoms with Crippen molar-refractivity contribution in [2.24, 2.45) is 0 Å². The summed E-state index contributed by atoms with van der Waals surface area (Å²) in [5.74, 6) is -3.44. The molecular weight excluding hydrogens is 247 g/mol. The number of pyridine rings is 1. The predicted octanol–water partition coefficient (Wildman–Crippen LogP) is 3.96. The number of benzene rings is 1. The molecule has 5 heteroatoms. The normalized spacial score (nSPS) is 10.6. The van der Waals surface area contributed by atoms with Crippen LogP contribution in [-0.4, -0.2) is 4.98 Å². The summed E-state index contributed by atoms with van der Waals surface area (Å²) < 4.78 is 38.8. The number of aromatic nitrogens is 1. The van der Waals surface area contributed by atoms with Gasteiger partial charge in [0.1, 0.15) is 5.03 Å². The van der Waals surface area contributed by atoms with Crippen molar-refractivity contribution in [3.8, 4) is 0 Å². The molecule has 0 saturated carbocycles. The number of nitrogens with zero attached hydrogens (tertiary/aromatic N) is 1. The summed E-state index contributed by atoms with van der Waals surface area (Å²) in [7, 11) is 0. The van der Waals surface area contributed by atoms with Gasteiger partial charge in [-0.2, -0.15) is 4.39 Å². The Morgan fingerprint density at radius 2 is 1.65 bits per heavy atom. The molecule has 0 aliphatic heterocycles. The van der Waals surface area contributed by atoms with Gasteiger partial charge in [0.25, 0.3) is 0 Å². The highest BCUT2D eigenvalue weighted by molar-refractivity contribution is 7.99. The molecule has 2 rings (SSSR count). The molecule has 0 N–H and O–H groups in total. The zero-order valence-electron chi connectivity index (χ0n) is 8.88. The van der Waals surface area contributed by atoms with E-state index in [0.29, 0.717) is 11.0 Å². The highest BCUT2D eigenvalue weighted by atomic mass is 32.2.